The number of fused-ring (bicyclic) bond motifs is 1. The first-order chi connectivity index (χ1) is 11.0. The molecule has 0 aliphatic carbocycles. The first-order valence-corrected chi connectivity index (χ1v) is 6.30. The number of hydrogen-bond acceptors (Lipinski definition) is 7. The molecule has 2 aromatic carbocycles. The highest BCUT2D eigenvalue weighted by molar-refractivity contribution is 5.81. The Hall–Kier alpha value is -3.62. The lowest BCUT2D eigenvalue weighted by Crippen LogP contribution is -2.03. The van der Waals surface area contributed by atoms with Gasteiger partial charge in [-0.05, 0) is 12.1 Å². The number of nitrogens with zero attached hydrogens (tertiary/aromatic N) is 3. The monoisotopic (exact) mass is 313 g/mol. The van der Waals surface area contributed by atoms with E-state index in [2.05, 4.69) is 4.98 Å². The van der Waals surface area contributed by atoms with E-state index < -0.39 is 15.5 Å². The SMILES string of the molecule is O=c1oc(-c2cccc([N+](=O)[O-])c2)nc2cc([N+](=O)[O-])ccc12. The largest absolute Gasteiger partial charge is 0.403 e. The molecule has 0 N–H and O–H groups in total. The van der Waals surface area contributed by atoms with Gasteiger partial charge in [0.25, 0.3) is 11.4 Å². The van der Waals surface area contributed by atoms with Crippen LogP contribution in [0.5, 0.6) is 0 Å². The third-order valence-corrected chi connectivity index (χ3v) is 3.13. The van der Waals surface area contributed by atoms with Gasteiger partial charge in [-0.1, -0.05) is 6.07 Å². The molecule has 9 nitrogen and oxygen atoms in total. The smallest absolute Gasteiger partial charge is 0.347 e. The van der Waals surface area contributed by atoms with Crippen LogP contribution >= 0.6 is 0 Å². The van der Waals surface area contributed by atoms with Gasteiger partial charge in [0.15, 0.2) is 0 Å². The molecule has 0 bridgehead atoms. The van der Waals surface area contributed by atoms with Crippen LogP contribution in [0.15, 0.2) is 51.7 Å². The van der Waals surface area contributed by atoms with Crippen LogP contribution in [0.25, 0.3) is 22.4 Å². The van der Waals surface area contributed by atoms with E-state index in [4.69, 9.17) is 4.42 Å². The second-order valence-corrected chi connectivity index (χ2v) is 4.57. The molecule has 3 aromatic rings. The summed E-state index contributed by atoms with van der Waals surface area (Å²) in [5.41, 5.74) is -0.834. The molecule has 0 radical (unpaired) electrons. The number of rotatable bonds is 3. The molecule has 23 heavy (non-hydrogen) atoms. The van der Waals surface area contributed by atoms with E-state index in [1.54, 1.807) is 0 Å². The molecule has 0 spiro atoms. The molecule has 114 valence electrons. The van der Waals surface area contributed by atoms with Gasteiger partial charge >= 0.3 is 5.63 Å². The van der Waals surface area contributed by atoms with Gasteiger partial charge in [-0.3, -0.25) is 20.2 Å². The molecule has 1 aromatic heterocycles. The van der Waals surface area contributed by atoms with E-state index in [0.29, 0.717) is 0 Å². The van der Waals surface area contributed by atoms with Gasteiger partial charge in [0.1, 0.15) is 0 Å². The molecule has 0 saturated carbocycles. The quantitative estimate of drug-likeness (QED) is 0.536. The zero-order valence-corrected chi connectivity index (χ0v) is 11.3. The fourth-order valence-corrected chi connectivity index (χ4v) is 2.05. The third kappa shape index (κ3) is 2.62. The molecule has 0 atom stereocenters. The summed E-state index contributed by atoms with van der Waals surface area (Å²) in [7, 11) is 0. The van der Waals surface area contributed by atoms with Gasteiger partial charge in [-0.2, -0.15) is 0 Å². The molecule has 1 heterocycles. The maximum absolute atomic E-state index is 12.0. The van der Waals surface area contributed by atoms with Crippen molar-refractivity contribution in [1.29, 1.82) is 0 Å². The van der Waals surface area contributed by atoms with Crippen LogP contribution in [0.1, 0.15) is 0 Å². The first-order valence-electron chi connectivity index (χ1n) is 6.30. The second kappa shape index (κ2) is 5.30. The summed E-state index contributed by atoms with van der Waals surface area (Å²) >= 11 is 0. The van der Waals surface area contributed by atoms with Crippen LogP contribution in [0, 0.1) is 20.2 Å². The van der Waals surface area contributed by atoms with Crippen molar-refractivity contribution in [2.75, 3.05) is 0 Å². The maximum atomic E-state index is 12.0. The van der Waals surface area contributed by atoms with Crippen molar-refractivity contribution in [2.45, 2.75) is 0 Å². The van der Waals surface area contributed by atoms with Crippen molar-refractivity contribution in [3.63, 3.8) is 0 Å². The summed E-state index contributed by atoms with van der Waals surface area (Å²) in [4.78, 5) is 36.4. The Morgan fingerprint density at radius 3 is 2.35 bits per heavy atom. The van der Waals surface area contributed by atoms with Crippen molar-refractivity contribution in [2.24, 2.45) is 0 Å². The van der Waals surface area contributed by atoms with E-state index >= 15 is 0 Å². The molecule has 9 heteroatoms. The van der Waals surface area contributed by atoms with Crippen molar-refractivity contribution in [3.8, 4) is 11.5 Å². The Balaban J connectivity index is 2.22. The zero-order valence-electron chi connectivity index (χ0n) is 11.3. The predicted molar refractivity (Wildman–Crippen MR) is 79.0 cm³/mol. The standard InChI is InChI=1S/C14H7N3O6/c18-14-11-5-4-10(17(21)22)7-12(11)15-13(23-14)8-2-1-3-9(6-8)16(19)20/h1-7H. The summed E-state index contributed by atoms with van der Waals surface area (Å²) in [5.74, 6) is -0.147. The lowest BCUT2D eigenvalue weighted by molar-refractivity contribution is -0.385. The lowest BCUT2D eigenvalue weighted by Gasteiger charge is -2.02. The summed E-state index contributed by atoms with van der Waals surface area (Å²) in [6.45, 7) is 0. The molecular formula is C14H7N3O6. The van der Waals surface area contributed by atoms with Crippen LogP contribution in [0.4, 0.5) is 11.4 Å². The Labute approximate surface area is 127 Å². The molecule has 0 aliphatic rings. The van der Waals surface area contributed by atoms with Crippen LogP contribution < -0.4 is 5.63 Å². The predicted octanol–water partition coefficient (Wildman–Crippen LogP) is 2.67. The number of nitro benzene ring substituents is 2. The van der Waals surface area contributed by atoms with Crippen LogP contribution in [-0.2, 0) is 0 Å². The van der Waals surface area contributed by atoms with Crippen molar-refractivity contribution < 1.29 is 14.3 Å². The molecule has 0 unspecified atom stereocenters. The average molecular weight is 313 g/mol. The zero-order chi connectivity index (χ0) is 16.6. The van der Waals surface area contributed by atoms with E-state index in [0.717, 1.165) is 6.07 Å². The van der Waals surface area contributed by atoms with Crippen LogP contribution in [0.3, 0.4) is 0 Å². The van der Waals surface area contributed by atoms with Gasteiger partial charge in [-0.25, -0.2) is 9.78 Å². The molecule has 0 saturated heterocycles. The summed E-state index contributed by atoms with van der Waals surface area (Å²) < 4.78 is 5.05. The highest BCUT2D eigenvalue weighted by Crippen LogP contribution is 2.24. The number of aromatic nitrogens is 1. The van der Waals surface area contributed by atoms with Crippen LogP contribution in [-0.4, -0.2) is 14.8 Å². The highest BCUT2D eigenvalue weighted by Gasteiger charge is 2.14. The summed E-state index contributed by atoms with van der Waals surface area (Å²) in [6, 6.07) is 8.97. The van der Waals surface area contributed by atoms with Crippen molar-refractivity contribution >= 4 is 22.3 Å². The Kier molecular flexibility index (Phi) is 3.30. The highest BCUT2D eigenvalue weighted by atomic mass is 16.6. The number of benzene rings is 2. The Morgan fingerprint density at radius 1 is 0.957 bits per heavy atom. The molecule has 0 amide bonds. The van der Waals surface area contributed by atoms with Crippen LogP contribution in [0.2, 0.25) is 0 Å². The number of hydrogen-bond donors (Lipinski definition) is 0. The van der Waals surface area contributed by atoms with E-state index in [9.17, 15) is 25.0 Å². The maximum Gasteiger partial charge on any atom is 0.347 e. The van der Waals surface area contributed by atoms with Gasteiger partial charge in [-0.15, -0.1) is 0 Å². The normalized spacial score (nSPS) is 10.6. The Morgan fingerprint density at radius 2 is 1.65 bits per heavy atom. The van der Waals surface area contributed by atoms with E-state index in [-0.39, 0.29) is 33.7 Å². The molecule has 3 rings (SSSR count). The minimum Gasteiger partial charge on any atom is -0.403 e. The number of non-ortho nitro benzene ring substituents is 2. The fourth-order valence-electron chi connectivity index (χ4n) is 2.05. The van der Waals surface area contributed by atoms with Gasteiger partial charge in [0.05, 0.1) is 20.7 Å². The van der Waals surface area contributed by atoms with E-state index in [1.165, 1.54) is 36.4 Å². The summed E-state index contributed by atoms with van der Waals surface area (Å²) in [5, 5.41) is 21.7. The van der Waals surface area contributed by atoms with Gasteiger partial charge < -0.3 is 4.42 Å². The van der Waals surface area contributed by atoms with E-state index in [1.807, 2.05) is 0 Å². The Bertz CT molecular complexity index is 1010. The molecular weight excluding hydrogens is 306 g/mol. The first kappa shape index (κ1) is 14.3. The number of nitro groups is 2. The van der Waals surface area contributed by atoms with Gasteiger partial charge in [0, 0.05) is 29.8 Å². The third-order valence-electron chi connectivity index (χ3n) is 3.13. The topological polar surface area (TPSA) is 129 Å². The minimum atomic E-state index is -0.730. The lowest BCUT2D eigenvalue weighted by atomic mass is 10.2. The van der Waals surface area contributed by atoms with Crippen molar-refractivity contribution in [1.82, 2.24) is 4.98 Å². The average Bonchev–Trinajstić information content (AvgIpc) is 2.54. The fraction of sp³-hybridized carbons (Fsp3) is 0. The molecule has 0 fully saturated rings. The van der Waals surface area contributed by atoms with Gasteiger partial charge in [0.2, 0.25) is 5.89 Å². The summed E-state index contributed by atoms with van der Waals surface area (Å²) in [6.07, 6.45) is 0. The van der Waals surface area contributed by atoms with Crippen molar-refractivity contribution in [3.05, 3.63) is 73.1 Å². The minimum absolute atomic E-state index is 0.0805. The molecule has 0 aliphatic heterocycles. The second-order valence-electron chi connectivity index (χ2n) is 4.57.